The molecule has 1 unspecified atom stereocenters. The van der Waals surface area contributed by atoms with Crippen LogP contribution in [0, 0.1) is 5.92 Å². The van der Waals surface area contributed by atoms with E-state index in [1.807, 2.05) is 6.20 Å². The van der Waals surface area contributed by atoms with E-state index in [1.54, 1.807) is 0 Å². The van der Waals surface area contributed by atoms with Crippen molar-refractivity contribution in [1.82, 2.24) is 14.9 Å². The maximum absolute atomic E-state index is 4.46. The van der Waals surface area contributed by atoms with E-state index < -0.39 is 0 Å². The lowest BCUT2D eigenvalue weighted by molar-refractivity contribution is 0.459. The molecular formula is C14H27N3. The largest absolute Gasteiger partial charge is 0.335 e. The van der Waals surface area contributed by atoms with E-state index in [2.05, 4.69) is 48.8 Å². The van der Waals surface area contributed by atoms with Gasteiger partial charge in [-0.25, -0.2) is 4.98 Å². The maximum Gasteiger partial charge on any atom is 0.108 e. The number of hydrogen-bond donors (Lipinski definition) is 1. The van der Waals surface area contributed by atoms with Crippen molar-refractivity contribution in [2.45, 2.75) is 59.5 Å². The Morgan fingerprint density at radius 3 is 2.76 bits per heavy atom. The average molecular weight is 237 g/mol. The van der Waals surface area contributed by atoms with Crippen molar-refractivity contribution in [3.8, 4) is 0 Å². The van der Waals surface area contributed by atoms with Gasteiger partial charge in [0, 0.05) is 31.4 Å². The molecule has 98 valence electrons. The standard InChI is InChI=1S/C14H27N3/c1-5-9-17-10-8-16-14(17)11-13(4)6-7-15-12(2)3/h8,10,12-13,15H,5-7,9,11H2,1-4H3. The summed E-state index contributed by atoms with van der Waals surface area (Å²) in [5.74, 6) is 1.93. The molecule has 1 N–H and O–H groups in total. The number of hydrogen-bond acceptors (Lipinski definition) is 2. The molecule has 0 saturated carbocycles. The molecule has 1 aromatic heterocycles. The van der Waals surface area contributed by atoms with Crippen LogP contribution in [0.4, 0.5) is 0 Å². The van der Waals surface area contributed by atoms with E-state index in [1.165, 1.54) is 18.7 Å². The van der Waals surface area contributed by atoms with E-state index in [9.17, 15) is 0 Å². The van der Waals surface area contributed by atoms with Gasteiger partial charge in [-0.05, 0) is 25.3 Å². The average Bonchev–Trinajstić information content (AvgIpc) is 2.66. The zero-order valence-corrected chi connectivity index (χ0v) is 11.7. The van der Waals surface area contributed by atoms with Crippen molar-refractivity contribution in [3.05, 3.63) is 18.2 Å². The molecule has 0 saturated heterocycles. The molecule has 0 bridgehead atoms. The Balaban J connectivity index is 2.34. The Kier molecular flexibility index (Phi) is 6.27. The summed E-state index contributed by atoms with van der Waals surface area (Å²) in [5, 5.41) is 3.47. The number of imidazole rings is 1. The van der Waals surface area contributed by atoms with E-state index in [0.29, 0.717) is 12.0 Å². The molecule has 0 aliphatic rings. The van der Waals surface area contributed by atoms with E-state index in [4.69, 9.17) is 0 Å². The third kappa shape index (κ3) is 5.35. The molecule has 1 aromatic rings. The molecular weight excluding hydrogens is 210 g/mol. The van der Waals surface area contributed by atoms with Crippen molar-refractivity contribution < 1.29 is 0 Å². The first kappa shape index (κ1) is 14.2. The van der Waals surface area contributed by atoms with Gasteiger partial charge in [-0.1, -0.05) is 27.7 Å². The van der Waals surface area contributed by atoms with Gasteiger partial charge in [-0.2, -0.15) is 0 Å². The second-order valence-corrected chi connectivity index (χ2v) is 5.24. The van der Waals surface area contributed by atoms with E-state index in [-0.39, 0.29) is 0 Å². The van der Waals surface area contributed by atoms with Gasteiger partial charge < -0.3 is 9.88 Å². The minimum absolute atomic E-state index is 0.587. The number of aryl methyl sites for hydroxylation is 1. The van der Waals surface area contributed by atoms with Crippen molar-refractivity contribution in [1.29, 1.82) is 0 Å². The predicted molar refractivity (Wildman–Crippen MR) is 73.1 cm³/mol. The molecule has 0 aliphatic heterocycles. The van der Waals surface area contributed by atoms with Gasteiger partial charge in [-0.15, -0.1) is 0 Å². The quantitative estimate of drug-likeness (QED) is 0.753. The van der Waals surface area contributed by atoms with Gasteiger partial charge >= 0.3 is 0 Å². The monoisotopic (exact) mass is 237 g/mol. The molecule has 0 spiro atoms. The summed E-state index contributed by atoms with van der Waals surface area (Å²) < 4.78 is 2.28. The van der Waals surface area contributed by atoms with Gasteiger partial charge in [0.05, 0.1) is 0 Å². The van der Waals surface area contributed by atoms with E-state index >= 15 is 0 Å². The second kappa shape index (κ2) is 7.49. The van der Waals surface area contributed by atoms with E-state index in [0.717, 1.165) is 19.5 Å². The van der Waals surface area contributed by atoms with Gasteiger partial charge in [0.25, 0.3) is 0 Å². The smallest absolute Gasteiger partial charge is 0.108 e. The summed E-state index contributed by atoms with van der Waals surface area (Å²) >= 11 is 0. The molecule has 0 aromatic carbocycles. The van der Waals surface area contributed by atoms with Crippen LogP contribution < -0.4 is 5.32 Å². The lowest BCUT2D eigenvalue weighted by Crippen LogP contribution is -2.25. The normalized spacial score (nSPS) is 13.2. The second-order valence-electron chi connectivity index (χ2n) is 5.24. The fourth-order valence-electron chi connectivity index (χ4n) is 2.01. The zero-order chi connectivity index (χ0) is 12.7. The van der Waals surface area contributed by atoms with Crippen LogP contribution in [0.25, 0.3) is 0 Å². The van der Waals surface area contributed by atoms with Crippen molar-refractivity contribution in [2.75, 3.05) is 6.54 Å². The van der Waals surface area contributed by atoms with Crippen LogP contribution >= 0.6 is 0 Å². The summed E-state index contributed by atoms with van der Waals surface area (Å²) in [6.07, 6.45) is 7.50. The summed E-state index contributed by atoms with van der Waals surface area (Å²) in [7, 11) is 0. The lowest BCUT2D eigenvalue weighted by atomic mass is 10.0. The minimum atomic E-state index is 0.587. The molecule has 3 nitrogen and oxygen atoms in total. The van der Waals surface area contributed by atoms with Crippen LogP contribution in [0.2, 0.25) is 0 Å². The summed E-state index contributed by atoms with van der Waals surface area (Å²) in [6, 6.07) is 0.587. The Hall–Kier alpha value is -0.830. The highest BCUT2D eigenvalue weighted by Gasteiger charge is 2.08. The number of nitrogens with one attached hydrogen (secondary N) is 1. The van der Waals surface area contributed by atoms with Gasteiger partial charge in [-0.3, -0.25) is 0 Å². The Labute approximate surface area is 106 Å². The minimum Gasteiger partial charge on any atom is -0.335 e. The number of rotatable bonds is 8. The fraction of sp³-hybridized carbons (Fsp3) is 0.786. The number of nitrogens with zero attached hydrogens (tertiary/aromatic N) is 2. The topological polar surface area (TPSA) is 29.9 Å². The summed E-state index contributed by atoms with van der Waals surface area (Å²) in [5.41, 5.74) is 0. The van der Waals surface area contributed by atoms with Gasteiger partial charge in [0.2, 0.25) is 0 Å². The first-order valence-electron chi connectivity index (χ1n) is 6.86. The number of aromatic nitrogens is 2. The third-order valence-corrected chi connectivity index (χ3v) is 2.99. The highest BCUT2D eigenvalue weighted by Crippen LogP contribution is 2.10. The van der Waals surface area contributed by atoms with Crippen molar-refractivity contribution in [2.24, 2.45) is 5.92 Å². The summed E-state index contributed by atoms with van der Waals surface area (Å²) in [4.78, 5) is 4.46. The molecule has 1 heterocycles. The molecule has 3 heteroatoms. The van der Waals surface area contributed by atoms with Crippen LogP contribution in [-0.4, -0.2) is 22.1 Å². The Morgan fingerprint density at radius 2 is 2.12 bits per heavy atom. The first-order chi connectivity index (χ1) is 8.13. The van der Waals surface area contributed by atoms with Gasteiger partial charge in [0.1, 0.15) is 5.82 Å². The SMILES string of the molecule is CCCn1ccnc1CC(C)CCNC(C)C. The molecule has 0 amide bonds. The molecule has 1 atom stereocenters. The lowest BCUT2D eigenvalue weighted by Gasteiger charge is -2.14. The maximum atomic E-state index is 4.46. The zero-order valence-electron chi connectivity index (χ0n) is 11.7. The van der Waals surface area contributed by atoms with Crippen LogP contribution in [-0.2, 0) is 13.0 Å². The highest BCUT2D eigenvalue weighted by molar-refractivity contribution is 4.93. The van der Waals surface area contributed by atoms with Gasteiger partial charge in [0.15, 0.2) is 0 Å². The molecule has 0 radical (unpaired) electrons. The molecule has 0 fully saturated rings. The van der Waals surface area contributed by atoms with Crippen LogP contribution in [0.1, 0.15) is 46.4 Å². The highest BCUT2D eigenvalue weighted by atomic mass is 15.1. The molecule has 1 rings (SSSR count). The van der Waals surface area contributed by atoms with Crippen molar-refractivity contribution >= 4 is 0 Å². The van der Waals surface area contributed by atoms with Crippen LogP contribution in [0.15, 0.2) is 12.4 Å². The Bertz CT molecular complexity index is 304. The fourth-order valence-corrected chi connectivity index (χ4v) is 2.01. The van der Waals surface area contributed by atoms with Crippen LogP contribution in [0.3, 0.4) is 0 Å². The van der Waals surface area contributed by atoms with Crippen molar-refractivity contribution in [3.63, 3.8) is 0 Å². The molecule has 0 aliphatic carbocycles. The Morgan fingerprint density at radius 1 is 1.35 bits per heavy atom. The first-order valence-corrected chi connectivity index (χ1v) is 6.86. The summed E-state index contributed by atoms with van der Waals surface area (Å²) in [6.45, 7) is 11.1. The van der Waals surface area contributed by atoms with Crippen LogP contribution in [0.5, 0.6) is 0 Å². The molecule has 17 heavy (non-hydrogen) atoms. The predicted octanol–water partition coefficient (Wildman–Crippen LogP) is 2.86. The third-order valence-electron chi connectivity index (χ3n) is 2.99.